The van der Waals surface area contributed by atoms with E-state index in [9.17, 15) is 9.50 Å². The van der Waals surface area contributed by atoms with Crippen molar-refractivity contribution in [1.29, 1.82) is 0 Å². The smallest absolute Gasteiger partial charge is 0.209 e. The van der Waals surface area contributed by atoms with Crippen LogP contribution in [0.3, 0.4) is 0 Å². The second-order valence-electron chi connectivity index (χ2n) is 5.69. The Morgan fingerprint density at radius 3 is 2.67 bits per heavy atom. The number of halogens is 1. The third-order valence-corrected chi connectivity index (χ3v) is 5.27. The summed E-state index contributed by atoms with van der Waals surface area (Å²) in [5.74, 6) is 0.436. The highest BCUT2D eigenvalue weighted by Crippen LogP contribution is 2.42. The van der Waals surface area contributed by atoms with E-state index in [-0.39, 0.29) is 12.1 Å². The van der Waals surface area contributed by atoms with Crippen molar-refractivity contribution >= 4 is 11.8 Å². The van der Waals surface area contributed by atoms with Gasteiger partial charge in [0.2, 0.25) is 5.16 Å². The van der Waals surface area contributed by atoms with Crippen LogP contribution >= 0.6 is 11.8 Å². The standard InChI is InChI=1S/C15H16FN3OS/c16-12-8-13(9-4-2-1-3-5-9)19-14(12)17-15(18-19)21-11-6-10(20)7-11/h1-5,10-13,20H,6-8H2. The molecule has 1 aliphatic carbocycles. The van der Waals surface area contributed by atoms with Crippen molar-refractivity contribution in [3.63, 3.8) is 0 Å². The summed E-state index contributed by atoms with van der Waals surface area (Å²) < 4.78 is 15.9. The first-order valence-electron chi connectivity index (χ1n) is 7.21. The van der Waals surface area contributed by atoms with Crippen LogP contribution in [0.4, 0.5) is 4.39 Å². The first-order valence-corrected chi connectivity index (χ1v) is 8.09. The molecule has 1 saturated carbocycles. The highest BCUT2D eigenvalue weighted by Gasteiger charge is 2.36. The molecule has 0 spiro atoms. The maximum Gasteiger partial charge on any atom is 0.209 e. The topological polar surface area (TPSA) is 50.9 Å². The summed E-state index contributed by atoms with van der Waals surface area (Å²) in [4.78, 5) is 4.35. The molecule has 1 N–H and O–H groups in total. The molecule has 21 heavy (non-hydrogen) atoms. The predicted molar refractivity (Wildman–Crippen MR) is 78.0 cm³/mol. The monoisotopic (exact) mass is 305 g/mol. The Morgan fingerprint density at radius 1 is 1.19 bits per heavy atom. The van der Waals surface area contributed by atoms with Gasteiger partial charge in [-0.2, -0.15) is 0 Å². The Hall–Kier alpha value is -1.40. The summed E-state index contributed by atoms with van der Waals surface area (Å²) in [6, 6.07) is 9.82. The van der Waals surface area contributed by atoms with Crippen LogP contribution in [0.2, 0.25) is 0 Å². The van der Waals surface area contributed by atoms with Crippen molar-refractivity contribution in [1.82, 2.24) is 14.8 Å². The number of rotatable bonds is 3. The Bertz CT molecular complexity index is 642. The number of alkyl halides is 1. The second-order valence-corrected chi connectivity index (χ2v) is 6.96. The number of hydrogen-bond donors (Lipinski definition) is 1. The molecule has 2 aliphatic rings. The molecule has 0 saturated heterocycles. The third kappa shape index (κ3) is 2.36. The minimum absolute atomic E-state index is 0.0648. The average molecular weight is 305 g/mol. The average Bonchev–Trinajstić information content (AvgIpc) is 2.99. The summed E-state index contributed by atoms with van der Waals surface area (Å²) in [5, 5.41) is 14.8. The molecular weight excluding hydrogens is 289 g/mol. The molecule has 0 bridgehead atoms. The number of nitrogens with zero attached hydrogens (tertiary/aromatic N) is 3. The number of aliphatic hydroxyl groups excluding tert-OH is 1. The molecule has 0 radical (unpaired) electrons. The second kappa shape index (κ2) is 5.10. The third-order valence-electron chi connectivity index (χ3n) is 4.17. The Labute approximate surface area is 126 Å². The van der Waals surface area contributed by atoms with Gasteiger partial charge in [-0.05, 0) is 18.4 Å². The summed E-state index contributed by atoms with van der Waals surface area (Å²) >= 11 is 1.55. The van der Waals surface area contributed by atoms with Crippen LogP contribution in [0, 0.1) is 0 Å². The summed E-state index contributed by atoms with van der Waals surface area (Å²) in [5.41, 5.74) is 1.07. The Kier molecular flexibility index (Phi) is 3.23. The van der Waals surface area contributed by atoms with Crippen molar-refractivity contribution in [3.8, 4) is 0 Å². The minimum Gasteiger partial charge on any atom is -0.393 e. The van der Waals surface area contributed by atoms with Crippen LogP contribution in [0.5, 0.6) is 0 Å². The molecule has 110 valence electrons. The molecule has 4 rings (SSSR count). The van der Waals surface area contributed by atoms with Gasteiger partial charge in [-0.1, -0.05) is 42.1 Å². The molecule has 1 aromatic carbocycles. The van der Waals surface area contributed by atoms with Gasteiger partial charge in [0.15, 0.2) is 12.0 Å². The van der Waals surface area contributed by atoms with Gasteiger partial charge in [0.05, 0.1) is 12.1 Å². The van der Waals surface area contributed by atoms with Gasteiger partial charge in [-0.15, -0.1) is 5.10 Å². The number of aliphatic hydroxyl groups is 1. The van der Waals surface area contributed by atoms with Gasteiger partial charge in [0.1, 0.15) is 0 Å². The van der Waals surface area contributed by atoms with Crippen LogP contribution in [0.1, 0.15) is 42.9 Å². The quantitative estimate of drug-likeness (QED) is 0.947. The van der Waals surface area contributed by atoms with Gasteiger partial charge < -0.3 is 5.11 Å². The van der Waals surface area contributed by atoms with E-state index in [1.165, 1.54) is 0 Å². The summed E-state index contributed by atoms with van der Waals surface area (Å²) in [6.45, 7) is 0. The highest BCUT2D eigenvalue weighted by molar-refractivity contribution is 7.99. The van der Waals surface area contributed by atoms with Crippen LogP contribution < -0.4 is 0 Å². The highest BCUT2D eigenvalue weighted by atomic mass is 32.2. The van der Waals surface area contributed by atoms with E-state index < -0.39 is 6.17 Å². The normalized spacial score (nSPS) is 31.0. The number of benzene rings is 1. The molecule has 2 aromatic rings. The van der Waals surface area contributed by atoms with Gasteiger partial charge in [0, 0.05) is 11.7 Å². The van der Waals surface area contributed by atoms with E-state index in [2.05, 4.69) is 10.1 Å². The van der Waals surface area contributed by atoms with Crippen molar-refractivity contribution in [3.05, 3.63) is 41.7 Å². The molecule has 4 nitrogen and oxygen atoms in total. The SMILES string of the molecule is OC1CC(Sc2nc3n(n2)C(c2ccccc2)CC3F)C1. The summed E-state index contributed by atoms with van der Waals surface area (Å²) in [6.07, 6.45) is 0.713. The largest absolute Gasteiger partial charge is 0.393 e. The number of fused-ring (bicyclic) bond motifs is 1. The molecule has 0 amide bonds. The lowest BCUT2D eigenvalue weighted by Crippen LogP contribution is -2.30. The van der Waals surface area contributed by atoms with Crippen LogP contribution in [0.25, 0.3) is 0 Å². The fourth-order valence-corrected chi connectivity index (χ4v) is 4.16. The fraction of sp³-hybridized carbons (Fsp3) is 0.467. The Balaban J connectivity index is 1.59. The zero-order valence-corrected chi connectivity index (χ0v) is 12.2. The van der Waals surface area contributed by atoms with Gasteiger partial charge >= 0.3 is 0 Å². The maximum atomic E-state index is 14.2. The molecule has 1 fully saturated rings. The number of hydrogen-bond acceptors (Lipinski definition) is 4. The summed E-state index contributed by atoms with van der Waals surface area (Å²) in [7, 11) is 0. The van der Waals surface area contributed by atoms with Crippen LogP contribution in [0.15, 0.2) is 35.5 Å². The van der Waals surface area contributed by atoms with E-state index in [1.54, 1.807) is 16.4 Å². The number of aromatic nitrogens is 3. The number of thioether (sulfide) groups is 1. The molecule has 6 heteroatoms. The van der Waals surface area contributed by atoms with Crippen LogP contribution in [-0.2, 0) is 0 Å². The minimum atomic E-state index is -1.05. The molecular formula is C15H16FN3OS. The molecule has 2 unspecified atom stereocenters. The predicted octanol–water partition coefficient (Wildman–Crippen LogP) is 2.90. The van der Waals surface area contributed by atoms with Crippen molar-refractivity contribution < 1.29 is 9.50 Å². The first kappa shape index (κ1) is 13.3. The van der Waals surface area contributed by atoms with Gasteiger partial charge in [-0.25, -0.2) is 14.1 Å². The lowest BCUT2D eigenvalue weighted by Gasteiger charge is -2.29. The fourth-order valence-electron chi connectivity index (χ4n) is 2.94. The molecule has 1 aliphatic heterocycles. The van der Waals surface area contributed by atoms with E-state index in [4.69, 9.17) is 0 Å². The zero-order valence-electron chi connectivity index (χ0n) is 11.4. The van der Waals surface area contributed by atoms with Crippen molar-refractivity contribution in [2.24, 2.45) is 0 Å². The molecule has 1 aromatic heterocycles. The zero-order chi connectivity index (χ0) is 14.4. The van der Waals surface area contributed by atoms with E-state index in [0.717, 1.165) is 18.4 Å². The van der Waals surface area contributed by atoms with E-state index in [0.29, 0.717) is 22.7 Å². The molecule has 2 heterocycles. The Morgan fingerprint density at radius 2 is 1.95 bits per heavy atom. The van der Waals surface area contributed by atoms with Gasteiger partial charge in [-0.3, -0.25) is 0 Å². The van der Waals surface area contributed by atoms with E-state index in [1.807, 2.05) is 30.3 Å². The van der Waals surface area contributed by atoms with Gasteiger partial charge in [0.25, 0.3) is 0 Å². The lowest BCUT2D eigenvalue weighted by atomic mass is 9.96. The van der Waals surface area contributed by atoms with Crippen molar-refractivity contribution in [2.75, 3.05) is 0 Å². The maximum absolute atomic E-state index is 14.2. The van der Waals surface area contributed by atoms with Crippen LogP contribution in [-0.4, -0.2) is 31.2 Å². The molecule has 2 atom stereocenters. The van der Waals surface area contributed by atoms with Crippen molar-refractivity contribution in [2.45, 2.75) is 48.0 Å². The first-order chi connectivity index (χ1) is 10.2. The van der Waals surface area contributed by atoms with E-state index >= 15 is 0 Å². The lowest BCUT2D eigenvalue weighted by molar-refractivity contribution is 0.101.